The lowest BCUT2D eigenvalue weighted by atomic mass is 10.2. The third-order valence-electron chi connectivity index (χ3n) is 3.80. The van der Waals surface area contributed by atoms with Crippen LogP contribution in [0.1, 0.15) is 16.1 Å². The summed E-state index contributed by atoms with van der Waals surface area (Å²) in [6.07, 6.45) is 2.80. The van der Waals surface area contributed by atoms with Gasteiger partial charge in [-0.2, -0.15) is 5.26 Å². The molecule has 0 bridgehead atoms. The Hall–Kier alpha value is -4.12. The first kappa shape index (κ1) is 18.7. The number of nitrogens with one attached hydrogen (secondary N) is 2. The molecular weight excluding hydrogens is 358 g/mol. The van der Waals surface area contributed by atoms with E-state index in [2.05, 4.69) is 20.6 Å². The minimum atomic E-state index is -0.423. The van der Waals surface area contributed by atoms with Crippen molar-refractivity contribution in [3.8, 4) is 17.6 Å². The van der Waals surface area contributed by atoms with Gasteiger partial charge in [-0.3, -0.25) is 4.79 Å². The van der Waals surface area contributed by atoms with Crippen LogP contribution in [0.25, 0.3) is 0 Å². The molecule has 1 heterocycles. The number of ether oxygens (including phenoxy) is 2. The number of amides is 1. The smallest absolute Gasteiger partial charge is 0.275 e. The van der Waals surface area contributed by atoms with Crippen molar-refractivity contribution in [1.82, 2.24) is 9.97 Å². The van der Waals surface area contributed by atoms with Crippen molar-refractivity contribution in [3.05, 3.63) is 66.1 Å². The number of hydrogen-bond donors (Lipinski definition) is 2. The van der Waals surface area contributed by atoms with E-state index >= 15 is 0 Å². The van der Waals surface area contributed by atoms with Gasteiger partial charge >= 0.3 is 0 Å². The van der Waals surface area contributed by atoms with Crippen molar-refractivity contribution < 1.29 is 14.3 Å². The monoisotopic (exact) mass is 375 g/mol. The summed E-state index contributed by atoms with van der Waals surface area (Å²) in [6, 6.07) is 14.0. The van der Waals surface area contributed by atoms with Gasteiger partial charge in [0.15, 0.2) is 0 Å². The van der Waals surface area contributed by atoms with E-state index < -0.39 is 5.91 Å². The molecule has 8 nitrogen and oxygen atoms in total. The molecule has 0 unspecified atom stereocenters. The summed E-state index contributed by atoms with van der Waals surface area (Å²) < 4.78 is 10.5. The van der Waals surface area contributed by atoms with Gasteiger partial charge in [-0.05, 0) is 30.3 Å². The Balaban J connectivity index is 1.73. The SMILES string of the molecule is COc1ccc(OC)c(Nc2cnc(C(=O)Nc3cccc(C#N)c3)cn2)c1. The second-order valence-corrected chi connectivity index (χ2v) is 5.62. The van der Waals surface area contributed by atoms with Crippen LogP contribution in [0, 0.1) is 11.3 Å². The number of nitrogens with zero attached hydrogens (tertiary/aromatic N) is 3. The maximum atomic E-state index is 12.3. The lowest BCUT2D eigenvalue weighted by molar-refractivity contribution is 0.102. The second-order valence-electron chi connectivity index (χ2n) is 5.62. The predicted octanol–water partition coefficient (Wildman–Crippen LogP) is 3.36. The summed E-state index contributed by atoms with van der Waals surface area (Å²) in [7, 11) is 3.14. The molecule has 28 heavy (non-hydrogen) atoms. The quantitative estimate of drug-likeness (QED) is 0.680. The Morgan fingerprint density at radius 2 is 1.93 bits per heavy atom. The first-order valence-corrected chi connectivity index (χ1v) is 8.25. The molecule has 140 valence electrons. The Morgan fingerprint density at radius 1 is 1.07 bits per heavy atom. The number of rotatable bonds is 6. The summed E-state index contributed by atoms with van der Waals surface area (Å²) >= 11 is 0. The Morgan fingerprint density at radius 3 is 2.61 bits per heavy atom. The third-order valence-corrected chi connectivity index (χ3v) is 3.80. The summed E-state index contributed by atoms with van der Waals surface area (Å²) in [5.41, 5.74) is 1.76. The van der Waals surface area contributed by atoms with Crippen LogP contribution in [0.4, 0.5) is 17.2 Å². The van der Waals surface area contributed by atoms with Gasteiger partial charge in [0.25, 0.3) is 5.91 Å². The number of hydrogen-bond acceptors (Lipinski definition) is 7. The molecular formula is C20H17N5O3. The molecule has 1 aromatic heterocycles. The van der Waals surface area contributed by atoms with Gasteiger partial charge in [0.2, 0.25) is 0 Å². The topological polar surface area (TPSA) is 109 Å². The molecule has 0 radical (unpaired) electrons. The van der Waals surface area contributed by atoms with Gasteiger partial charge in [-0.25, -0.2) is 9.97 Å². The van der Waals surface area contributed by atoms with E-state index in [0.29, 0.717) is 34.3 Å². The fraction of sp³-hybridized carbons (Fsp3) is 0.100. The van der Waals surface area contributed by atoms with Gasteiger partial charge in [0, 0.05) is 11.8 Å². The number of methoxy groups -OCH3 is 2. The highest BCUT2D eigenvalue weighted by Crippen LogP contribution is 2.30. The molecule has 0 aliphatic carbocycles. The number of nitriles is 1. The van der Waals surface area contributed by atoms with Crippen molar-refractivity contribution in [1.29, 1.82) is 5.26 Å². The van der Waals surface area contributed by atoms with Crippen LogP contribution >= 0.6 is 0 Å². The Bertz CT molecular complexity index is 1030. The molecule has 0 fully saturated rings. The maximum absolute atomic E-state index is 12.3. The maximum Gasteiger partial charge on any atom is 0.275 e. The molecule has 0 saturated carbocycles. The average molecular weight is 375 g/mol. The largest absolute Gasteiger partial charge is 0.497 e. The van der Waals surface area contributed by atoms with Crippen molar-refractivity contribution in [3.63, 3.8) is 0 Å². The van der Waals surface area contributed by atoms with Crippen molar-refractivity contribution in [2.45, 2.75) is 0 Å². The minimum absolute atomic E-state index is 0.144. The lowest BCUT2D eigenvalue weighted by Gasteiger charge is -2.12. The summed E-state index contributed by atoms with van der Waals surface area (Å²) in [5.74, 6) is 1.29. The minimum Gasteiger partial charge on any atom is -0.497 e. The highest BCUT2D eigenvalue weighted by Gasteiger charge is 2.11. The molecule has 3 rings (SSSR count). The zero-order valence-electron chi connectivity index (χ0n) is 15.3. The normalized spacial score (nSPS) is 9.89. The van der Waals surface area contributed by atoms with Gasteiger partial charge in [-0.15, -0.1) is 0 Å². The van der Waals surface area contributed by atoms with Crippen LogP contribution < -0.4 is 20.1 Å². The second kappa shape index (κ2) is 8.51. The number of aromatic nitrogens is 2. The van der Waals surface area contributed by atoms with Crippen LogP contribution in [0.3, 0.4) is 0 Å². The van der Waals surface area contributed by atoms with Crippen LogP contribution in [-0.4, -0.2) is 30.1 Å². The zero-order valence-corrected chi connectivity index (χ0v) is 15.3. The van der Waals surface area contributed by atoms with Gasteiger partial charge < -0.3 is 20.1 Å². The first-order chi connectivity index (χ1) is 13.6. The molecule has 2 aromatic carbocycles. The van der Waals surface area contributed by atoms with Crippen LogP contribution in [0.5, 0.6) is 11.5 Å². The van der Waals surface area contributed by atoms with E-state index in [9.17, 15) is 4.79 Å². The average Bonchev–Trinajstić information content (AvgIpc) is 2.74. The van der Waals surface area contributed by atoms with E-state index in [-0.39, 0.29) is 5.69 Å². The number of anilines is 3. The molecule has 0 atom stereocenters. The molecule has 8 heteroatoms. The molecule has 0 aliphatic heterocycles. The van der Waals surface area contributed by atoms with E-state index in [1.54, 1.807) is 56.7 Å². The van der Waals surface area contributed by atoms with Crippen LogP contribution in [-0.2, 0) is 0 Å². The van der Waals surface area contributed by atoms with Gasteiger partial charge in [0.05, 0.1) is 43.9 Å². The summed E-state index contributed by atoms with van der Waals surface area (Å²) in [6.45, 7) is 0. The number of carbonyl (C=O) groups is 1. The molecule has 0 saturated heterocycles. The van der Waals surface area contributed by atoms with Gasteiger partial charge in [-0.1, -0.05) is 6.07 Å². The molecule has 1 amide bonds. The van der Waals surface area contributed by atoms with E-state index in [1.807, 2.05) is 6.07 Å². The fourth-order valence-corrected chi connectivity index (χ4v) is 2.42. The molecule has 2 N–H and O–H groups in total. The fourth-order valence-electron chi connectivity index (χ4n) is 2.42. The Labute approximate surface area is 161 Å². The van der Waals surface area contributed by atoms with Crippen molar-refractivity contribution >= 4 is 23.1 Å². The summed E-state index contributed by atoms with van der Waals surface area (Å²) in [4.78, 5) is 20.7. The number of benzene rings is 2. The number of carbonyl (C=O) groups excluding carboxylic acids is 1. The summed E-state index contributed by atoms with van der Waals surface area (Å²) in [5, 5.41) is 14.7. The molecule has 3 aromatic rings. The van der Waals surface area contributed by atoms with Crippen molar-refractivity contribution in [2.24, 2.45) is 0 Å². The van der Waals surface area contributed by atoms with E-state index in [1.165, 1.54) is 12.4 Å². The van der Waals surface area contributed by atoms with Crippen molar-refractivity contribution in [2.75, 3.05) is 24.9 Å². The predicted molar refractivity (Wildman–Crippen MR) is 104 cm³/mol. The van der Waals surface area contributed by atoms with Gasteiger partial charge in [0.1, 0.15) is 23.0 Å². The standard InChI is InChI=1S/C20H17N5O3/c1-27-15-6-7-18(28-2)16(9-15)25-19-12-22-17(11-23-19)20(26)24-14-5-3-4-13(8-14)10-21/h3-9,11-12H,1-2H3,(H,23,25)(H,24,26). The highest BCUT2D eigenvalue weighted by atomic mass is 16.5. The van der Waals surface area contributed by atoms with Crippen LogP contribution in [0.2, 0.25) is 0 Å². The highest BCUT2D eigenvalue weighted by molar-refractivity contribution is 6.02. The molecule has 0 spiro atoms. The van der Waals surface area contributed by atoms with E-state index in [4.69, 9.17) is 14.7 Å². The van der Waals surface area contributed by atoms with E-state index in [0.717, 1.165) is 0 Å². The molecule has 0 aliphatic rings. The zero-order chi connectivity index (χ0) is 19.9. The van der Waals surface area contributed by atoms with Crippen LogP contribution in [0.15, 0.2) is 54.9 Å². The Kier molecular flexibility index (Phi) is 5.67. The first-order valence-electron chi connectivity index (χ1n) is 8.25. The lowest BCUT2D eigenvalue weighted by Crippen LogP contribution is -2.14. The third kappa shape index (κ3) is 4.34.